The Balaban J connectivity index is 2.63. The molecule has 0 aliphatic rings. The van der Waals surface area contributed by atoms with Crippen molar-refractivity contribution >= 4 is 27.9 Å². The van der Waals surface area contributed by atoms with E-state index in [4.69, 9.17) is 5.11 Å². The van der Waals surface area contributed by atoms with Gasteiger partial charge in [-0.15, -0.1) is 0 Å². The fraction of sp³-hybridized carbons (Fsp3) is 0.429. The van der Waals surface area contributed by atoms with Gasteiger partial charge in [-0.3, -0.25) is 4.79 Å². The number of carbonyl (C=O) groups is 2. The molecule has 6 heteroatoms. The summed E-state index contributed by atoms with van der Waals surface area (Å²) in [7, 11) is 3.31. The molecule has 1 aromatic carbocycles. The van der Waals surface area contributed by atoms with E-state index in [1.54, 1.807) is 25.9 Å². The number of carboxylic acids is 1. The van der Waals surface area contributed by atoms with Crippen molar-refractivity contribution in [1.29, 1.82) is 0 Å². The number of amides is 2. The molecular weight excluding hydrogens is 324 g/mol. The monoisotopic (exact) mass is 342 g/mol. The average molecular weight is 343 g/mol. The van der Waals surface area contributed by atoms with E-state index in [2.05, 4.69) is 15.9 Å². The van der Waals surface area contributed by atoms with Crippen LogP contribution in [0.5, 0.6) is 0 Å². The molecule has 2 amide bonds. The Morgan fingerprint density at radius 3 is 2.40 bits per heavy atom. The lowest BCUT2D eigenvalue weighted by atomic mass is 10.2. The second-order valence-electron chi connectivity index (χ2n) is 4.85. The van der Waals surface area contributed by atoms with E-state index >= 15 is 0 Å². The summed E-state index contributed by atoms with van der Waals surface area (Å²) in [4.78, 5) is 26.0. The minimum absolute atomic E-state index is 0.189. The number of hydrogen-bond donors (Lipinski definition) is 1. The topological polar surface area (TPSA) is 60.9 Å². The Kier molecular flexibility index (Phi) is 6.01. The van der Waals surface area contributed by atoms with Gasteiger partial charge < -0.3 is 14.9 Å². The molecule has 0 heterocycles. The van der Waals surface area contributed by atoms with Gasteiger partial charge in [0.2, 0.25) is 0 Å². The molecule has 0 fully saturated rings. The summed E-state index contributed by atoms with van der Waals surface area (Å²) < 4.78 is 0.946. The maximum atomic E-state index is 12.2. The predicted molar refractivity (Wildman–Crippen MR) is 80.4 cm³/mol. The van der Waals surface area contributed by atoms with Crippen LogP contribution in [0.15, 0.2) is 28.7 Å². The number of rotatable bonds is 5. The standard InChI is InChI=1S/C14H19BrN2O3/c1-10(13(18)19)8-16(2)14(20)17(3)9-11-6-4-5-7-12(11)15/h4-7,10H,8-9H2,1-3H3,(H,18,19). The van der Waals surface area contributed by atoms with Gasteiger partial charge in [0.05, 0.1) is 5.92 Å². The molecule has 0 aromatic heterocycles. The molecule has 0 aliphatic carbocycles. The lowest BCUT2D eigenvalue weighted by Crippen LogP contribution is -2.41. The van der Waals surface area contributed by atoms with Crippen molar-refractivity contribution in [3.05, 3.63) is 34.3 Å². The molecule has 1 unspecified atom stereocenters. The lowest BCUT2D eigenvalue weighted by Gasteiger charge is -2.26. The molecule has 1 rings (SSSR count). The zero-order chi connectivity index (χ0) is 15.3. The maximum absolute atomic E-state index is 12.2. The first-order chi connectivity index (χ1) is 9.32. The summed E-state index contributed by atoms with van der Waals surface area (Å²) in [5.74, 6) is -1.49. The Hall–Kier alpha value is -1.56. The molecule has 0 bridgehead atoms. The number of halogens is 1. The summed E-state index contributed by atoms with van der Waals surface area (Å²) in [5, 5.41) is 8.87. The lowest BCUT2D eigenvalue weighted by molar-refractivity contribution is -0.141. The molecule has 1 atom stereocenters. The number of carbonyl (C=O) groups excluding carboxylic acids is 1. The van der Waals surface area contributed by atoms with Crippen molar-refractivity contribution in [3.63, 3.8) is 0 Å². The van der Waals surface area contributed by atoms with Gasteiger partial charge in [-0.2, -0.15) is 0 Å². The molecule has 110 valence electrons. The Morgan fingerprint density at radius 2 is 1.85 bits per heavy atom. The van der Waals surface area contributed by atoms with Crippen LogP contribution in [0.25, 0.3) is 0 Å². The number of aliphatic carboxylic acids is 1. The van der Waals surface area contributed by atoms with Gasteiger partial charge in [-0.1, -0.05) is 41.1 Å². The molecule has 20 heavy (non-hydrogen) atoms. The van der Waals surface area contributed by atoms with E-state index in [1.807, 2.05) is 24.3 Å². The SMILES string of the molecule is CC(CN(C)C(=O)N(C)Cc1ccccc1Br)C(=O)O. The first-order valence-electron chi connectivity index (χ1n) is 6.25. The molecule has 5 nitrogen and oxygen atoms in total. The van der Waals surface area contributed by atoms with E-state index in [1.165, 1.54) is 4.90 Å². The number of hydrogen-bond acceptors (Lipinski definition) is 2. The molecule has 0 radical (unpaired) electrons. The summed E-state index contributed by atoms with van der Waals surface area (Å²) >= 11 is 3.44. The maximum Gasteiger partial charge on any atom is 0.319 e. The van der Waals surface area contributed by atoms with Crippen LogP contribution in [0.4, 0.5) is 4.79 Å². The van der Waals surface area contributed by atoms with Crippen molar-refractivity contribution in [2.75, 3.05) is 20.6 Å². The highest BCUT2D eigenvalue weighted by Gasteiger charge is 2.20. The third-order valence-electron chi connectivity index (χ3n) is 2.99. The highest BCUT2D eigenvalue weighted by atomic mass is 79.9. The van der Waals surface area contributed by atoms with E-state index in [0.29, 0.717) is 6.54 Å². The third-order valence-corrected chi connectivity index (χ3v) is 3.76. The highest BCUT2D eigenvalue weighted by Crippen LogP contribution is 2.17. The molecular formula is C14H19BrN2O3. The number of benzene rings is 1. The normalized spacial score (nSPS) is 11.8. The second kappa shape index (κ2) is 7.28. The van der Waals surface area contributed by atoms with E-state index in [0.717, 1.165) is 10.0 Å². The molecule has 0 spiro atoms. The Labute approximate surface area is 127 Å². The van der Waals surface area contributed by atoms with Gasteiger partial charge in [0.1, 0.15) is 0 Å². The zero-order valence-electron chi connectivity index (χ0n) is 11.8. The van der Waals surface area contributed by atoms with Crippen molar-refractivity contribution in [2.45, 2.75) is 13.5 Å². The largest absolute Gasteiger partial charge is 0.481 e. The summed E-state index contributed by atoms with van der Waals surface area (Å²) in [6.45, 7) is 2.24. The summed E-state index contributed by atoms with van der Waals surface area (Å²) in [5.41, 5.74) is 1.00. The Morgan fingerprint density at radius 1 is 1.25 bits per heavy atom. The third kappa shape index (κ3) is 4.52. The summed E-state index contributed by atoms with van der Waals surface area (Å²) in [6, 6.07) is 7.48. The number of urea groups is 1. The van der Waals surface area contributed by atoms with Gasteiger partial charge in [-0.25, -0.2) is 4.79 Å². The minimum atomic E-state index is -0.905. The van der Waals surface area contributed by atoms with Crippen molar-refractivity contribution in [2.24, 2.45) is 5.92 Å². The second-order valence-corrected chi connectivity index (χ2v) is 5.70. The fourth-order valence-corrected chi connectivity index (χ4v) is 2.22. The van der Waals surface area contributed by atoms with E-state index < -0.39 is 11.9 Å². The van der Waals surface area contributed by atoms with Crippen molar-refractivity contribution in [1.82, 2.24) is 9.80 Å². The number of nitrogens with zero attached hydrogens (tertiary/aromatic N) is 2. The van der Waals surface area contributed by atoms with Crippen molar-refractivity contribution < 1.29 is 14.7 Å². The molecule has 0 saturated heterocycles. The van der Waals surface area contributed by atoms with E-state index in [-0.39, 0.29) is 12.6 Å². The quantitative estimate of drug-likeness (QED) is 0.894. The van der Waals surface area contributed by atoms with Crippen LogP contribution < -0.4 is 0 Å². The van der Waals surface area contributed by atoms with Crippen LogP contribution in [0.1, 0.15) is 12.5 Å². The predicted octanol–water partition coefficient (Wildman–Crippen LogP) is 2.65. The van der Waals surface area contributed by atoms with Crippen LogP contribution in [0.3, 0.4) is 0 Å². The van der Waals surface area contributed by atoms with Gasteiger partial charge in [0.25, 0.3) is 0 Å². The number of carboxylic acid groups (broad SMARTS) is 1. The molecule has 0 saturated carbocycles. The first-order valence-corrected chi connectivity index (χ1v) is 7.04. The fourth-order valence-electron chi connectivity index (χ4n) is 1.81. The average Bonchev–Trinajstić information content (AvgIpc) is 2.40. The minimum Gasteiger partial charge on any atom is -0.481 e. The smallest absolute Gasteiger partial charge is 0.319 e. The van der Waals surface area contributed by atoms with Crippen LogP contribution in [-0.2, 0) is 11.3 Å². The van der Waals surface area contributed by atoms with Crippen LogP contribution in [0.2, 0.25) is 0 Å². The van der Waals surface area contributed by atoms with Crippen LogP contribution in [0, 0.1) is 5.92 Å². The van der Waals surface area contributed by atoms with Gasteiger partial charge in [0.15, 0.2) is 0 Å². The van der Waals surface area contributed by atoms with Crippen LogP contribution >= 0.6 is 15.9 Å². The Bertz CT molecular complexity index is 493. The first kappa shape index (κ1) is 16.5. The van der Waals surface area contributed by atoms with Gasteiger partial charge in [-0.05, 0) is 11.6 Å². The van der Waals surface area contributed by atoms with Gasteiger partial charge >= 0.3 is 12.0 Å². The van der Waals surface area contributed by atoms with Crippen LogP contribution in [-0.4, -0.2) is 47.5 Å². The zero-order valence-corrected chi connectivity index (χ0v) is 13.4. The molecule has 1 N–H and O–H groups in total. The summed E-state index contributed by atoms with van der Waals surface area (Å²) in [6.07, 6.45) is 0. The van der Waals surface area contributed by atoms with Crippen molar-refractivity contribution in [3.8, 4) is 0 Å². The van der Waals surface area contributed by atoms with E-state index in [9.17, 15) is 9.59 Å². The molecule has 1 aromatic rings. The molecule has 0 aliphatic heterocycles. The highest BCUT2D eigenvalue weighted by molar-refractivity contribution is 9.10. The van der Waals surface area contributed by atoms with Gasteiger partial charge in [0, 0.05) is 31.7 Å².